The quantitative estimate of drug-likeness (QED) is 0.909. The smallest absolute Gasteiger partial charge is 0.344 e. The molecule has 0 saturated carbocycles. The highest BCUT2D eigenvalue weighted by atomic mass is 35.5. The van der Waals surface area contributed by atoms with Gasteiger partial charge in [0.15, 0.2) is 6.10 Å². The summed E-state index contributed by atoms with van der Waals surface area (Å²) in [4.78, 5) is 10.7. The molecule has 4 heteroatoms. The Kier molecular flexibility index (Phi) is 3.20. The lowest BCUT2D eigenvalue weighted by Crippen LogP contribution is -2.22. The Morgan fingerprint density at radius 1 is 1.29 bits per heavy atom. The van der Waals surface area contributed by atoms with Crippen LogP contribution < -0.4 is 4.74 Å². The lowest BCUT2D eigenvalue weighted by molar-refractivity contribution is -0.144. The van der Waals surface area contributed by atoms with Crippen molar-refractivity contribution in [2.45, 2.75) is 13.0 Å². The van der Waals surface area contributed by atoms with Crippen LogP contribution >= 0.6 is 11.6 Å². The van der Waals surface area contributed by atoms with Crippen LogP contribution in [0.15, 0.2) is 36.4 Å². The Hall–Kier alpha value is -1.74. The van der Waals surface area contributed by atoms with Gasteiger partial charge in [0.1, 0.15) is 5.75 Å². The van der Waals surface area contributed by atoms with Crippen LogP contribution in [0.3, 0.4) is 0 Å². The SMILES string of the molecule is C[C@@H](Oc1ccc2ccccc2c1Cl)C(=O)O. The molecule has 0 amide bonds. The number of ether oxygens (including phenoxy) is 1. The zero-order chi connectivity index (χ0) is 12.4. The largest absolute Gasteiger partial charge is 0.479 e. The zero-order valence-electron chi connectivity index (χ0n) is 9.18. The highest BCUT2D eigenvalue weighted by Gasteiger charge is 2.15. The molecule has 0 spiro atoms. The van der Waals surface area contributed by atoms with Gasteiger partial charge in [-0.3, -0.25) is 0 Å². The third-order valence-corrected chi connectivity index (χ3v) is 2.87. The zero-order valence-corrected chi connectivity index (χ0v) is 9.94. The number of hydrogen-bond donors (Lipinski definition) is 1. The number of carbonyl (C=O) groups is 1. The van der Waals surface area contributed by atoms with Crippen LogP contribution in [0.4, 0.5) is 0 Å². The second-order valence-corrected chi connectivity index (χ2v) is 4.08. The van der Waals surface area contributed by atoms with E-state index in [1.807, 2.05) is 30.3 Å². The molecule has 0 unspecified atom stereocenters. The summed E-state index contributed by atoms with van der Waals surface area (Å²) in [6, 6.07) is 11.1. The van der Waals surface area contributed by atoms with E-state index >= 15 is 0 Å². The molecule has 0 radical (unpaired) electrons. The molecule has 2 rings (SSSR count). The van der Waals surface area contributed by atoms with E-state index in [1.165, 1.54) is 6.92 Å². The molecule has 2 aromatic carbocycles. The van der Waals surface area contributed by atoms with Crippen LogP contribution in [-0.4, -0.2) is 17.2 Å². The van der Waals surface area contributed by atoms with Crippen LogP contribution in [-0.2, 0) is 4.79 Å². The van der Waals surface area contributed by atoms with Gasteiger partial charge in [-0.1, -0.05) is 41.9 Å². The van der Waals surface area contributed by atoms with Crippen molar-refractivity contribution in [3.8, 4) is 5.75 Å². The molecule has 88 valence electrons. The van der Waals surface area contributed by atoms with Crippen LogP contribution in [0.5, 0.6) is 5.75 Å². The predicted octanol–water partition coefficient (Wildman–Crippen LogP) is 3.35. The van der Waals surface area contributed by atoms with E-state index in [0.29, 0.717) is 10.8 Å². The number of hydrogen-bond acceptors (Lipinski definition) is 2. The average Bonchev–Trinajstić information content (AvgIpc) is 2.33. The van der Waals surface area contributed by atoms with Crippen molar-refractivity contribution in [2.75, 3.05) is 0 Å². The fraction of sp³-hybridized carbons (Fsp3) is 0.154. The first-order valence-electron chi connectivity index (χ1n) is 5.16. The molecule has 0 aliphatic carbocycles. The first-order valence-corrected chi connectivity index (χ1v) is 5.54. The maximum atomic E-state index is 10.7. The molecule has 0 heterocycles. The minimum atomic E-state index is -1.02. The predicted molar refractivity (Wildman–Crippen MR) is 66.7 cm³/mol. The van der Waals surface area contributed by atoms with Gasteiger partial charge in [-0.2, -0.15) is 0 Å². The summed E-state index contributed by atoms with van der Waals surface area (Å²) < 4.78 is 5.28. The molecule has 2 aromatic rings. The van der Waals surface area contributed by atoms with Crippen LogP contribution in [0, 0.1) is 0 Å². The molecule has 17 heavy (non-hydrogen) atoms. The van der Waals surface area contributed by atoms with Crippen molar-refractivity contribution in [1.82, 2.24) is 0 Å². The van der Waals surface area contributed by atoms with Crippen molar-refractivity contribution in [1.29, 1.82) is 0 Å². The fourth-order valence-electron chi connectivity index (χ4n) is 1.55. The number of carboxylic acid groups (broad SMARTS) is 1. The summed E-state index contributed by atoms with van der Waals surface area (Å²) in [5.41, 5.74) is 0. The van der Waals surface area contributed by atoms with Gasteiger partial charge in [0, 0.05) is 5.39 Å². The molecular weight excluding hydrogens is 240 g/mol. The van der Waals surface area contributed by atoms with Crippen molar-refractivity contribution >= 4 is 28.3 Å². The first kappa shape index (κ1) is 11.7. The minimum Gasteiger partial charge on any atom is -0.479 e. The Morgan fingerprint density at radius 3 is 2.71 bits per heavy atom. The topological polar surface area (TPSA) is 46.5 Å². The maximum Gasteiger partial charge on any atom is 0.344 e. The summed E-state index contributed by atoms with van der Waals surface area (Å²) in [7, 11) is 0. The van der Waals surface area contributed by atoms with Crippen molar-refractivity contribution in [3.63, 3.8) is 0 Å². The van der Waals surface area contributed by atoms with Crippen molar-refractivity contribution in [2.24, 2.45) is 0 Å². The maximum absolute atomic E-state index is 10.7. The minimum absolute atomic E-state index is 0.389. The Bertz CT molecular complexity index is 566. The average molecular weight is 251 g/mol. The molecule has 0 saturated heterocycles. The van der Waals surface area contributed by atoms with Gasteiger partial charge >= 0.3 is 5.97 Å². The summed E-state index contributed by atoms with van der Waals surface area (Å²) in [5, 5.41) is 11.1. The number of carboxylic acids is 1. The molecule has 0 aliphatic heterocycles. The molecule has 1 N–H and O–H groups in total. The van der Waals surface area contributed by atoms with E-state index in [1.54, 1.807) is 6.07 Å². The molecule has 0 fully saturated rings. The molecule has 0 aromatic heterocycles. The van der Waals surface area contributed by atoms with E-state index in [4.69, 9.17) is 21.4 Å². The van der Waals surface area contributed by atoms with Gasteiger partial charge in [0.25, 0.3) is 0 Å². The summed E-state index contributed by atoms with van der Waals surface area (Å²) in [6.07, 6.45) is -0.923. The van der Waals surface area contributed by atoms with E-state index in [-0.39, 0.29) is 0 Å². The van der Waals surface area contributed by atoms with Gasteiger partial charge in [-0.15, -0.1) is 0 Å². The molecule has 0 bridgehead atoms. The Balaban J connectivity index is 2.42. The summed E-state index contributed by atoms with van der Waals surface area (Å²) in [6.45, 7) is 1.47. The lowest BCUT2D eigenvalue weighted by Gasteiger charge is -2.13. The fourth-order valence-corrected chi connectivity index (χ4v) is 1.83. The highest BCUT2D eigenvalue weighted by Crippen LogP contribution is 2.33. The second kappa shape index (κ2) is 4.63. The van der Waals surface area contributed by atoms with Crippen LogP contribution in [0.25, 0.3) is 10.8 Å². The van der Waals surface area contributed by atoms with Crippen LogP contribution in [0.2, 0.25) is 5.02 Å². The number of aliphatic carboxylic acids is 1. The van der Waals surface area contributed by atoms with Gasteiger partial charge in [-0.25, -0.2) is 4.79 Å². The number of benzene rings is 2. The Labute approximate surface area is 104 Å². The standard InChI is InChI=1S/C13H11ClO3/c1-8(13(15)16)17-11-7-6-9-4-2-3-5-10(9)12(11)14/h2-8H,1H3,(H,15,16)/t8-/m1/s1. The lowest BCUT2D eigenvalue weighted by atomic mass is 10.1. The third kappa shape index (κ3) is 2.34. The van der Waals surface area contributed by atoms with Gasteiger partial charge in [0.2, 0.25) is 0 Å². The van der Waals surface area contributed by atoms with E-state index in [2.05, 4.69) is 0 Å². The van der Waals surface area contributed by atoms with E-state index < -0.39 is 12.1 Å². The number of halogens is 1. The normalized spacial score (nSPS) is 12.4. The number of fused-ring (bicyclic) bond motifs is 1. The summed E-state index contributed by atoms with van der Waals surface area (Å²) in [5.74, 6) is -0.630. The van der Waals surface area contributed by atoms with Crippen LogP contribution in [0.1, 0.15) is 6.92 Å². The van der Waals surface area contributed by atoms with Crippen molar-refractivity contribution in [3.05, 3.63) is 41.4 Å². The van der Waals surface area contributed by atoms with E-state index in [9.17, 15) is 4.79 Å². The van der Waals surface area contributed by atoms with Gasteiger partial charge < -0.3 is 9.84 Å². The van der Waals surface area contributed by atoms with Crippen molar-refractivity contribution < 1.29 is 14.6 Å². The van der Waals surface area contributed by atoms with E-state index in [0.717, 1.165) is 10.8 Å². The first-order chi connectivity index (χ1) is 8.09. The Morgan fingerprint density at radius 2 is 2.00 bits per heavy atom. The van der Waals surface area contributed by atoms with Gasteiger partial charge in [-0.05, 0) is 18.4 Å². The molecule has 3 nitrogen and oxygen atoms in total. The third-order valence-electron chi connectivity index (χ3n) is 2.48. The summed E-state index contributed by atoms with van der Waals surface area (Å²) >= 11 is 6.17. The number of rotatable bonds is 3. The monoisotopic (exact) mass is 250 g/mol. The molecular formula is C13H11ClO3. The molecule has 1 atom stereocenters. The second-order valence-electron chi connectivity index (χ2n) is 3.70. The molecule has 0 aliphatic rings. The van der Waals surface area contributed by atoms with Gasteiger partial charge in [0.05, 0.1) is 5.02 Å². The highest BCUT2D eigenvalue weighted by molar-refractivity contribution is 6.37.